The molecule has 4 nitrogen and oxygen atoms in total. The van der Waals surface area contributed by atoms with E-state index in [1.807, 2.05) is 0 Å². The number of carbonyl (C=O) groups excluding carboxylic acids is 2. The summed E-state index contributed by atoms with van der Waals surface area (Å²) in [5, 5.41) is 2.44. The van der Waals surface area contributed by atoms with E-state index in [0.29, 0.717) is 6.42 Å². The van der Waals surface area contributed by atoms with Crippen LogP contribution >= 0.6 is 0 Å². The second-order valence-corrected chi connectivity index (χ2v) is 15.6. The zero-order chi connectivity index (χ0) is 23.6. The Balaban J connectivity index is 1.59. The van der Waals surface area contributed by atoms with Gasteiger partial charge in [-0.25, -0.2) is 0 Å². The van der Waals surface area contributed by atoms with Crippen molar-refractivity contribution < 1.29 is 18.8 Å². The zero-order valence-corrected chi connectivity index (χ0v) is 21.3. The third-order valence-electron chi connectivity index (χ3n) is 8.94. The Morgan fingerprint density at radius 3 is 2.03 bits per heavy atom. The highest BCUT2D eigenvalue weighted by Crippen LogP contribution is 2.84. The predicted molar refractivity (Wildman–Crippen MR) is 131 cm³/mol. The van der Waals surface area contributed by atoms with Crippen molar-refractivity contribution in [3.05, 3.63) is 60.7 Å². The first-order valence-corrected chi connectivity index (χ1v) is 14.0. The maximum absolute atomic E-state index is 12.7. The molecule has 0 aliphatic heterocycles. The smallest absolute Gasteiger partial charge is 0.303 e. The second kappa shape index (κ2) is 7.38. The van der Waals surface area contributed by atoms with Gasteiger partial charge in [0.05, 0.1) is 6.10 Å². The fourth-order valence-electron chi connectivity index (χ4n) is 7.50. The number of benzene rings is 2. The summed E-state index contributed by atoms with van der Waals surface area (Å²) >= 11 is 0. The van der Waals surface area contributed by atoms with E-state index in [0.717, 1.165) is 12.8 Å². The van der Waals surface area contributed by atoms with E-state index >= 15 is 0 Å². The Morgan fingerprint density at radius 1 is 1.00 bits per heavy atom. The molecule has 174 valence electrons. The first-order chi connectivity index (χ1) is 15.6. The lowest BCUT2D eigenvalue weighted by atomic mass is 9.89. The molecule has 3 aliphatic carbocycles. The Bertz CT molecular complexity index is 1040. The number of hydrogen-bond acceptors (Lipinski definition) is 4. The molecule has 3 fully saturated rings. The number of ether oxygens (including phenoxy) is 1. The van der Waals surface area contributed by atoms with E-state index in [2.05, 4.69) is 88.4 Å². The van der Waals surface area contributed by atoms with Gasteiger partial charge in [0.15, 0.2) is 11.9 Å². The summed E-state index contributed by atoms with van der Waals surface area (Å²) < 4.78 is 13.1. The van der Waals surface area contributed by atoms with Gasteiger partial charge < -0.3 is 9.16 Å². The van der Waals surface area contributed by atoms with Crippen molar-refractivity contribution in [3.8, 4) is 0 Å². The first-order valence-electron chi connectivity index (χ1n) is 12.1. The standard InChI is InChI=1S/C28H34O4Si/c1-19(29)31-25-22(30)18-23-27(5)24(16-17-28(23,25)27)32-33(26(2,3)4,20-12-8-6-9-13-20)21-14-10-7-11-15-21/h6-15,23-25H,16-18H2,1-5H3/t23-,24+,25+,27+,28?/m0/s1. The SMILES string of the molecule is CC(=O)O[C@@H]1C(=O)C[C@@H]2C13CC[C@@H](O[Si](c1ccccc1)(c1ccccc1)C(C)(C)C)[C@@]23C. The fraction of sp³-hybridized carbons (Fsp3) is 0.500. The van der Waals surface area contributed by atoms with Crippen LogP contribution in [0.2, 0.25) is 5.04 Å². The van der Waals surface area contributed by atoms with Gasteiger partial charge in [0.25, 0.3) is 8.32 Å². The molecule has 3 aliphatic rings. The third-order valence-corrected chi connectivity index (χ3v) is 14.0. The van der Waals surface area contributed by atoms with E-state index in [4.69, 9.17) is 9.16 Å². The van der Waals surface area contributed by atoms with Gasteiger partial charge in [-0.3, -0.25) is 9.59 Å². The van der Waals surface area contributed by atoms with Gasteiger partial charge in [-0.05, 0) is 34.2 Å². The van der Waals surface area contributed by atoms with E-state index in [-0.39, 0.29) is 39.6 Å². The highest BCUT2D eigenvalue weighted by Gasteiger charge is 2.87. The van der Waals surface area contributed by atoms with Gasteiger partial charge in [0, 0.05) is 24.2 Å². The van der Waals surface area contributed by atoms with Crippen molar-refractivity contribution in [1.29, 1.82) is 0 Å². The molecule has 2 aromatic rings. The van der Waals surface area contributed by atoms with Crippen molar-refractivity contribution in [1.82, 2.24) is 0 Å². The number of esters is 1. The maximum Gasteiger partial charge on any atom is 0.303 e. The molecule has 2 aromatic carbocycles. The highest BCUT2D eigenvalue weighted by atomic mass is 28.4. The minimum Gasteiger partial charge on any atom is -0.454 e. The number of Topliss-reactive ketones (excluding diaryl/α,β-unsaturated/α-hetero) is 1. The molecule has 0 radical (unpaired) electrons. The van der Waals surface area contributed by atoms with Crippen LogP contribution in [0.3, 0.4) is 0 Å². The zero-order valence-electron chi connectivity index (χ0n) is 20.3. The number of rotatable bonds is 5. The third kappa shape index (κ3) is 2.91. The summed E-state index contributed by atoms with van der Waals surface area (Å²) in [5.41, 5.74) is -0.403. The Morgan fingerprint density at radius 2 is 1.55 bits per heavy atom. The van der Waals surface area contributed by atoms with Crippen LogP contribution in [0, 0.1) is 16.7 Å². The second-order valence-electron chi connectivity index (χ2n) is 11.3. The van der Waals surface area contributed by atoms with Crippen LogP contribution in [0.1, 0.15) is 53.9 Å². The molecule has 5 atom stereocenters. The maximum atomic E-state index is 12.7. The molecule has 0 amide bonds. The topological polar surface area (TPSA) is 52.6 Å². The molecule has 5 rings (SSSR count). The van der Waals surface area contributed by atoms with Crippen LogP contribution in [-0.2, 0) is 18.8 Å². The van der Waals surface area contributed by atoms with Crippen LogP contribution < -0.4 is 10.4 Å². The van der Waals surface area contributed by atoms with Gasteiger partial charge >= 0.3 is 5.97 Å². The van der Waals surface area contributed by atoms with E-state index in [1.54, 1.807) is 0 Å². The van der Waals surface area contributed by atoms with Crippen LogP contribution in [0.25, 0.3) is 0 Å². The number of fused-ring (bicyclic) bond motifs is 1. The predicted octanol–water partition coefficient (Wildman–Crippen LogP) is 4.25. The molecule has 0 saturated heterocycles. The van der Waals surface area contributed by atoms with Crippen molar-refractivity contribution in [3.63, 3.8) is 0 Å². The van der Waals surface area contributed by atoms with Gasteiger partial charge in [-0.2, -0.15) is 0 Å². The van der Waals surface area contributed by atoms with Gasteiger partial charge in [-0.15, -0.1) is 0 Å². The first kappa shape index (κ1) is 22.5. The van der Waals surface area contributed by atoms with Crippen LogP contribution in [-0.4, -0.2) is 32.3 Å². The van der Waals surface area contributed by atoms with Gasteiger partial charge in [-0.1, -0.05) is 88.4 Å². The molecule has 1 spiro atoms. The van der Waals surface area contributed by atoms with Crippen molar-refractivity contribution >= 4 is 30.4 Å². The lowest BCUT2D eigenvalue weighted by molar-refractivity contribution is -0.156. The number of hydrogen-bond donors (Lipinski definition) is 0. The van der Waals surface area contributed by atoms with Crippen molar-refractivity contribution in [2.75, 3.05) is 0 Å². The Hall–Kier alpha value is -2.24. The van der Waals surface area contributed by atoms with Crippen molar-refractivity contribution in [2.45, 2.75) is 71.1 Å². The number of carbonyl (C=O) groups is 2. The van der Waals surface area contributed by atoms with Crippen LogP contribution in [0.15, 0.2) is 60.7 Å². The molecular formula is C28H34O4Si. The molecule has 5 heteroatoms. The molecule has 0 bridgehead atoms. The molecule has 0 heterocycles. The van der Waals surface area contributed by atoms with Crippen LogP contribution in [0.5, 0.6) is 0 Å². The molecule has 3 saturated carbocycles. The average Bonchev–Trinajstić information content (AvgIpc) is 2.99. The normalized spacial score (nSPS) is 32.9. The monoisotopic (exact) mass is 462 g/mol. The van der Waals surface area contributed by atoms with E-state index < -0.39 is 14.4 Å². The van der Waals surface area contributed by atoms with Gasteiger partial charge in [0.2, 0.25) is 0 Å². The summed E-state index contributed by atoms with van der Waals surface area (Å²) in [5.74, 6) is -0.0495. The summed E-state index contributed by atoms with van der Waals surface area (Å²) in [6, 6.07) is 21.4. The molecule has 0 aromatic heterocycles. The summed E-state index contributed by atoms with van der Waals surface area (Å²) in [7, 11) is -2.69. The summed E-state index contributed by atoms with van der Waals surface area (Å²) in [6.07, 6.45) is 1.68. The van der Waals surface area contributed by atoms with Crippen molar-refractivity contribution in [2.24, 2.45) is 16.7 Å². The molecular weight excluding hydrogens is 428 g/mol. The Labute approximate surface area is 197 Å². The van der Waals surface area contributed by atoms with E-state index in [9.17, 15) is 9.59 Å². The summed E-state index contributed by atoms with van der Waals surface area (Å²) in [4.78, 5) is 24.5. The molecule has 33 heavy (non-hydrogen) atoms. The average molecular weight is 463 g/mol. The quantitative estimate of drug-likeness (QED) is 0.492. The van der Waals surface area contributed by atoms with Gasteiger partial charge in [0.1, 0.15) is 0 Å². The minimum atomic E-state index is -2.69. The minimum absolute atomic E-state index is 0.0277. The summed E-state index contributed by atoms with van der Waals surface area (Å²) in [6.45, 7) is 10.6. The fourth-order valence-corrected chi connectivity index (χ4v) is 12.3. The highest BCUT2D eigenvalue weighted by molar-refractivity contribution is 6.99. The molecule has 0 N–H and O–H groups in total. The molecule has 1 unspecified atom stereocenters. The lowest BCUT2D eigenvalue weighted by Crippen LogP contribution is -2.68. The largest absolute Gasteiger partial charge is 0.454 e. The van der Waals surface area contributed by atoms with E-state index in [1.165, 1.54) is 17.3 Å². The Kier molecular flexibility index (Phi) is 5.04. The number of ketones is 1. The lowest BCUT2D eigenvalue weighted by Gasteiger charge is -2.46. The van der Waals surface area contributed by atoms with Crippen LogP contribution in [0.4, 0.5) is 0 Å².